The molecule has 1 aliphatic carbocycles. The van der Waals surface area contributed by atoms with E-state index in [-0.39, 0.29) is 5.91 Å². The van der Waals surface area contributed by atoms with E-state index in [1.165, 1.54) is 12.8 Å². The van der Waals surface area contributed by atoms with Crippen LogP contribution in [0.3, 0.4) is 0 Å². The van der Waals surface area contributed by atoms with Crippen LogP contribution in [0.5, 0.6) is 0 Å². The third-order valence-electron chi connectivity index (χ3n) is 3.47. The van der Waals surface area contributed by atoms with E-state index in [1.807, 2.05) is 30.3 Å². The van der Waals surface area contributed by atoms with E-state index in [4.69, 9.17) is 5.73 Å². The average molecular weight is 282 g/mol. The van der Waals surface area contributed by atoms with Crippen LogP contribution < -0.4 is 5.73 Å². The highest BCUT2D eigenvalue weighted by Crippen LogP contribution is 2.46. The maximum atomic E-state index is 11.8. The molecule has 1 aliphatic rings. The van der Waals surface area contributed by atoms with Crippen molar-refractivity contribution in [2.75, 3.05) is 0 Å². The third kappa shape index (κ3) is 1.88. The number of nitrogens with two attached hydrogens (primary N) is 1. The minimum absolute atomic E-state index is 0.273. The van der Waals surface area contributed by atoms with Crippen LogP contribution in [0.2, 0.25) is 0 Å². The van der Waals surface area contributed by atoms with Gasteiger partial charge in [0, 0.05) is 0 Å². The summed E-state index contributed by atoms with van der Waals surface area (Å²) in [5, 5.41) is 0. The van der Waals surface area contributed by atoms with Crippen molar-refractivity contribution in [3.05, 3.63) is 35.9 Å². The predicted molar refractivity (Wildman–Crippen MR) is 68.2 cm³/mol. The molecule has 2 N–H and O–H groups in total. The van der Waals surface area contributed by atoms with Crippen LogP contribution in [0.4, 0.5) is 0 Å². The van der Waals surface area contributed by atoms with Crippen molar-refractivity contribution in [2.45, 2.75) is 30.0 Å². The molecule has 0 aromatic heterocycles. The summed E-state index contributed by atoms with van der Waals surface area (Å²) in [5.74, 6) is 0.0537. The molecule has 0 aliphatic heterocycles. The molecule has 16 heavy (non-hydrogen) atoms. The first kappa shape index (κ1) is 11.6. The Bertz CT molecular complexity index is 373. The fourth-order valence-corrected chi connectivity index (χ4v) is 3.31. The zero-order chi connectivity index (χ0) is 11.6. The second kappa shape index (κ2) is 4.58. The Balaban J connectivity index is 2.39. The quantitative estimate of drug-likeness (QED) is 0.851. The van der Waals surface area contributed by atoms with E-state index >= 15 is 0 Å². The maximum absolute atomic E-state index is 11.8. The summed E-state index contributed by atoms with van der Waals surface area (Å²) in [4.78, 5) is 11.8. The molecule has 1 amide bonds. The second-order valence-electron chi connectivity index (χ2n) is 4.42. The molecule has 0 spiro atoms. The highest BCUT2D eigenvalue weighted by Gasteiger charge is 2.44. The third-order valence-corrected chi connectivity index (χ3v) is 4.97. The number of hydrogen-bond acceptors (Lipinski definition) is 1. The zero-order valence-electron chi connectivity index (χ0n) is 9.16. The van der Waals surface area contributed by atoms with E-state index < -0.39 is 4.32 Å². The summed E-state index contributed by atoms with van der Waals surface area (Å²) in [5.41, 5.74) is 6.58. The number of benzene rings is 1. The Hall–Kier alpha value is -0.830. The number of carbonyl (C=O) groups is 1. The van der Waals surface area contributed by atoms with E-state index in [0.717, 1.165) is 18.4 Å². The van der Waals surface area contributed by atoms with Gasteiger partial charge in [0.1, 0.15) is 4.32 Å². The van der Waals surface area contributed by atoms with Gasteiger partial charge in [-0.15, -0.1) is 0 Å². The lowest BCUT2D eigenvalue weighted by Gasteiger charge is -2.30. The van der Waals surface area contributed by atoms with Gasteiger partial charge in [0.15, 0.2) is 0 Å². The zero-order valence-corrected chi connectivity index (χ0v) is 10.7. The van der Waals surface area contributed by atoms with E-state index in [2.05, 4.69) is 15.9 Å². The number of halogens is 1. The Morgan fingerprint density at radius 1 is 1.25 bits per heavy atom. The number of rotatable bonds is 3. The van der Waals surface area contributed by atoms with Gasteiger partial charge < -0.3 is 5.73 Å². The maximum Gasteiger partial charge on any atom is 0.239 e. The normalized spacial score (nSPS) is 20.6. The van der Waals surface area contributed by atoms with Crippen molar-refractivity contribution in [1.29, 1.82) is 0 Å². The van der Waals surface area contributed by atoms with Crippen molar-refractivity contribution in [2.24, 2.45) is 11.7 Å². The van der Waals surface area contributed by atoms with Gasteiger partial charge >= 0.3 is 0 Å². The first-order valence-electron chi connectivity index (χ1n) is 5.70. The fraction of sp³-hybridized carbons (Fsp3) is 0.462. The highest BCUT2D eigenvalue weighted by molar-refractivity contribution is 9.10. The molecule has 86 valence electrons. The summed E-state index contributed by atoms with van der Waals surface area (Å²) in [6, 6.07) is 9.79. The van der Waals surface area contributed by atoms with Gasteiger partial charge in [0.2, 0.25) is 5.91 Å². The van der Waals surface area contributed by atoms with Gasteiger partial charge in [0.25, 0.3) is 0 Å². The van der Waals surface area contributed by atoms with Crippen LogP contribution in [0.25, 0.3) is 0 Å². The second-order valence-corrected chi connectivity index (χ2v) is 5.67. The Labute approximate surface area is 104 Å². The molecular formula is C13H16BrNO. The highest BCUT2D eigenvalue weighted by atomic mass is 79.9. The molecule has 3 heteroatoms. The summed E-state index contributed by atoms with van der Waals surface area (Å²) in [6.07, 6.45) is 4.53. The number of carbonyl (C=O) groups excluding carboxylic acids is 1. The minimum Gasteiger partial charge on any atom is -0.368 e. The first-order chi connectivity index (χ1) is 7.65. The molecule has 0 saturated heterocycles. The molecule has 0 heterocycles. The standard InChI is InChI=1S/C13H16BrNO/c14-13(12(15)16,11-8-4-5-9-11)10-6-2-1-3-7-10/h1-3,6-7,11H,4-5,8-9H2,(H2,15,16). The predicted octanol–water partition coefficient (Wildman–Crippen LogP) is 2.95. The van der Waals surface area contributed by atoms with Crippen molar-refractivity contribution in [3.63, 3.8) is 0 Å². The lowest BCUT2D eigenvalue weighted by Crippen LogP contribution is -2.41. The first-order valence-corrected chi connectivity index (χ1v) is 6.49. The molecule has 2 rings (SSSR count). The van der Waals surface area contributed by atoms with Crippen molar-refractivity contribution >= 4 is 21.8 Å². The minimum atomic E-state index is -0.676. The Morgan fingerprint density at radius 3 is 2.31 bits per heavy atom. The molecule has 1 saturated carbocycles. The van der Waals surface area contributed by atoms with E-state index in [9.17, 15) is 4.79 Å². The van der Waals surface area contributed by atoms with Gasteiger partial charge in [-0.05, 0) is 24.3 Å². The molecule has 0 radical (unpaired) electrons. The van der Waals surface area contributed by atoms with E-state index in [1.54, 1.807) is 0 Å². The van der Waals surface area contributed by atoms with Crippen molar-refractivity contribution < 1.29 is 4.79 Å². The van der Waals surface area contributed by atoms with Crippen molar-refractivity contribution in [3.8, 4) is 0 Å². The largest absolute Gasteiger partial charge is 0.368 e. The molecule has 1 aromatic rings. The van der Waals surface area contributed by atoms with Gasteiger partial charge in [0.05, 0.1) is 0 Å². The average Bonchev–Trinajstić information content (AvgIpc) is 2.82. The fourth-order valence-electron chi connectivity index (χ4n) is 2.58. The summed E-state index contributed by atoms with van der Waals surface area (Å²) in [7, 11) is 0. The molecule has 2 nitrogen and oxygen atoms in total. The number of hydrogen-bond donors (Lipinski definition) is 1. The van der Waals surface area contributed by atoms with Crippen LogP contribution in [-0.2, 0) is 9.12 Å². The van der Waals surface area contributed by atoms with Crippen LogP contribution in [0, 0.1) is 5.92 Å². The van der Waals surface area contributed by atoms with E-state index in [0.29, 0.717) is 5.92 Å². The molecular weight excluding hydrogens is 266 g/mol. The number of amides is 1. The summed E-state index contributed by atoms with van der Waals surface area (Å²) < 4.78 is -0.676. The number of alkyl halides is 1. The Morgan fingerprint density at radius 2 is 1.81 bits per heavy atom. The van der Waals surface area contributed by atoms with Gasteiger partial charge in [-0.25, -0.2) is 0 Å². The smallest absolute Gasteiger partial charge is 0.239 e. The van der Waals surface area contributed by atoms with Gasteiger partial charge in [-0.1, -0.05) is 59.1 Å². The van der Waals surface area contributed by atoms with Crippen LogP contribution in [0.1, 0.15) is 31.2 Å². The summed E-state index contributed by atoms with van der Waals surface area (Å²) in [6.45, 7) is 0. The molecule has 0 bridgehead atoms. The lowest BCUT2D eigenvalue weighted by molar-refractivity contribution is -0.121. The molecule has 1 unspecified atom stereocenters. The van der Waals surface area contributed by atoms with Crippen LogP contribution in [0.15, 0.2) is 30.3 Å². The monoisotopic (exact) mass is 281 g/mol. The lowest BCUT2D eigenvalue weighted by atomic mass is 9.84. The van der Waals surface area contributed by atoms with Gasteiger partial charge in [-0.3, -0.25) is 4.79 Å². The van der Waals surface area contributed by atoms with Crippen LogP contribution in [-0.4, -0.2) is 5.91 Å². The molecule has 1 atom stereocenters. The number of primary amides is 1. The van der Waals surface area contributed by atoms with Crippen molar-refractivity contribution in [1.82, 2.24) is 0 Å². The molecule has 1 fully saturated rings. The van der Waals surface area contributed by atoms with Crippen LogP contribution >= 0.6 is 15.9 Å². The SMILES string of the molecule is NC(=O)C(Br)(c1ccccc1)C1CCCC1. The topological polar surface area (TPSA) is 43.1 Å². The Kier molecular flexibility index (Phi) is 3.33. The summed E-state index contributed by atoms with van der Waals surface area (Å²) >= 11 is 3.61. The molecule has 1 aromatic carbocycles. The van der Waals surface area contributed by atoms with Gasteiger partial charge in [-0.2, -0.15) is 0 Å².